The fraction of sp³-hybridized carbons (Fsp3) is 0.846. The topological polar surface area (TPSA) is 78.9 Å². The number of nitrogens with one attached hydrogen (secondary N) is 1. The first kappa shape index (κ1) is 15.9. The number of hydrogen-bond acceptors (Lipinski definition) is 5. The van der Waals surface area contributed by atoms with Gasteiger partial charge in [-0.25, -0.2) is 0 Å². The molecule has 0 aromatic carbocycles. The lowest BCUT2D eigenvalue weighted by atomic mass is 10.1. The lowest BCUT2D eigenvalue weighted by Gasteiger charge is -2.29. The highest BCUT2D eigenvalue weighted by Gasteiger charge is 2.19. The van der Waals surface area contributed by atoms with E-state index in [1.807, 2.05) is 4.90 Å². The van der Waals surface area contributed by atoms with E-state index in [0.717, 1.165) is 19.4 Å². The molecular weight excluding hydrogens is 248 g/mol. The number of rotatable bonds is 7. The summed E-state index contributed by atoms with van der Waals surface area (Å²) in [6.07, 6.45) is 2.35. The summed E-state index contributed by atoms with van der Waals surface area (Å²) in [6, 6.07) is 0. The second-order valence-corrected chi connectivity index (χ2v) is 4.79. The van der Waals surface area contributed by atoms with Gasteiger partial charge in [-0.1, -0.05) is 0 Å². The van der Waals surface area contributed by atoms with E-state index in [-0.39, 0.29) is 18.0 Å². The number of carbonyl (C=O) groups excluding carboxylic acids is 2. The molecular formula is C13H24N2O4. The fourth-order valence-electron chi connectivity index (χ4n) is 2.13. The molecule has 0 aromatic rings. The number of aliphatic hydroxyl groups excluding tert-OH is 1. The molecule has 110 valence electrons. The van der Waals surface area contributed by atoms with Crippen molar-refractivity contribution in [3.05, 3.63) is 0 Å². The van der Waals surface area contributed by atoms with E-state index < -0.39 is 0 Å². The molecule has 1 fully saturated rings. The average Bonchev–Trinajstić information content (AvgIpc) is 2.35. The van der Waals surface area contributed by atoms with E-state index in [4.69, 9.17) is 4.74 Å². The lowest BCUT2D eigenvalue weighted by molar-refractivity contribution is -0.143. The van der Waals surface area contributed by atoms with Crippen molar-refractivity contribution in [2.45, 2.75) is 38.7 Å². The Morgan fingerprint density at radius 2 is 2.26 bits per heavy atom. The van der Waals surface area contributed by atoms with Crippen molar-refractivity contribution in [3.63, 3.8) is 0 Å². The number of likely N-dealkylation sites (tertiary alicyclic amines) is 1. The van der Waals surface area contributed by atoms with Crippen LogP contribution in [0.15, 0.2) is 0 Å². The number of β-amino-alcohol motifs (C(OH)–C–C–N with tert-alkyl or cyclic N) is 1. The normalized spacial score (nSPS) is 20.0. The number of ether oxygens (including phenoxy) is 1. The maximum atomic E-state index is 11.6. The van der Waals surface area contributed by atoms with Crippen molar-refractivity contribution >= 4 is 11.9 Å². The second-order valence-electron chi connectivity index (χ2n) is 4.79. The molecule has 0 bridgehead atoms. The van der Waals surface area contributed by atoms with Crippen LogP contribution in [0.4, 0.5) is 0 Å². The summed E-state index contributed by atoms with van der Waals surface area (Å²) >= 11 is 0. The van der Waals surface area contributed by atoms with Crippen LogP contribution in [-0.2, 0) is 14.3 Å². The molecule has 6 nitrogen and oxygen atoms in total. The zero-order valence-corrected chi connectivity index (χ0v) is 11.6. The number of piperidine rings is 1. The van der Waals surface area contributed by atoms with E-state index in [2.05, 4.69) is 5.32 Å². The molecule has 0 radical (unpaired) electrons. The summed E-state index contributed by atoms with van der Waals surface area (Å²) in [5.41, 5.74) is 0. The Balaban J connectivity index is 2.06. The molecule has 0 spiro atoms. The average molecular weight is 272 g/mol. The molecule has 0 saturated carbocycles. The molecule has 1 amide bonds. The largest absolute Gasteiger partial charge is 0.466 e. The number of amides is 1. The summed E-state index contributed by atoms with van der Waals surface area (Å²) in [4.78, 5) is 24.7. The van der Waals surface area contributed by atoms with Crippen molar-refractivity contribution in [2.75, 3.05) is 32.8 Å². The molecule has 0 unspecified atom stereocenters. The predicted molar refractivity (Wildman–Crippen MR) is 70.6 cm³/mol. The molecule has 1 atom stereocenters. The fourth-order valence-corrected chi connectivity index (χ4v) is 2.13. The van der Waals surface area contributed by atoms with Crippen LogP contribution >= 0.6 is 0 Å². The van der Waals surface area contributed by atoms with Gasteiger partial charge in [-0.2, -0.15) is 0 Å². The zero-order chi connectivity index (χ0) is 14.1. The van der Waals surface area contributed by atoms with Crippen LogP contribution in [-0.4, -0.2) is 60.8 Å². The third-order valence-corrected chi connectivity index (χ3v) is 3.03. The van der Waals surface area contributed by atoms with Gasteiger partial charge in [0.2, 0.25) is 5.91 Å². The maximum absolute atomic E-state index is 11.6. The van der Waals surface area contributed by atoms with Crippen LogP contribution in [0.3, 0.4) is 0 Å². The summed E-state index contributed by atoms with van der Waals surface area (Å²) < 4.78 is 4.79. The van der Waals surface area contributed by atoms with Gasteiger partial charge in [0.05, 0.1) is 19.3 Å². The minimum atomic E-state index is -0.314. The smallest absolute Gasteiger partial charge is 0.305 e. The van der Waals surface area contributed by atoms with E-state index >= 15 is 0 Å². The molecule has 1 rings (SSSR count). The standard InChI is InChI=1S/C13H24N2O4/c1-2-19-13(18)6-3-7-14-12(17)10-15-8-4-5-11(16)9-15/h11,16H,2-10H2,1H3,(H,14,17)/t11-/m0/s1. The first-order valence-corrected chi connectivity index (χ1v) is 6.94. The van der Waals surface area contributed by atoms with Crippen LogP contribution in [0.1, 0.15) is 32.6 Å². The Morgan fingerprint density at radius 1 is 1.47 bits per heavy atom. The van der Waals surface area contributed by atoms with Gasteiger partial charge in [0.15, 0.2) is 0 Å². The Kier molecular flexibility index (Phi) is 7.43. The Labute approximate surface area is 114 Å². The SMILES string of the molecule is CCOC(=O)CCCNC(=O)CN1CCC[C@H](O)C1. The maximum Gasteiger partial charge on any atom is 0.305 e. The number of esters is 1. The monoisotopic (exact) mass is 272 g/mol. The van der Waals surface area contributed by atoms with Crippen molar-refractivity contribution in [1.29, 1.82) is 0 Å². The van der Waals surface area contributed by atoms with Crippen molar-refractivity contribution < 1.29 is 19.4 Å². The Hall–Kier alpha value is -1.14. The molecule has 0 aliphatic carbocycles. The van der Waals surface area contributed by atoms with Crippen LogP contribution < -0.4 is 5.32 Å². The van der Waals surface area contributed by atoms with Gasteiger partial charge in [0.1, 0.15) is 0 Å². The number of carbonyl (C=O) groups is 2. The quantitative estimate of drug-likeness (QED) is 0.500. The highest BCUT2D eigenvalue weighted by Crippen LogP contribution is 2.08. The van der Waals surface area contributed by atoms with E-state index in [1.165, 1.54) is 0 Å². The molecule has 2 N–H and O–H groups in total. The Morgan fingerprint density at radius 3 is 2.95 bits per heavy atom. The summed E-state index contributed by atoms with van der Waals surface area (Å²) in [6.45, 7) is 4.38. The van der Waals surface area contributed by atoms with Gasteiger partial charge in [-0.3, -0.25) is 14.5 Å². The van der Waals surface area contributed by atoms with Crippen LogP contribution in [0.2, 0.25) is 0 Å². The summed E-state index contributed by atoms with van der Waals surface area (Å²) in [5, 5.41) is 12.3. The van der Waals surface area contributed by atoms with E-state index in [9.17, 15) is 14.7 Å². The van der Waals surface area contributed by atoms with Crippen molar-refractivity contribution in [2.24, 2.45) is 0 Å². The number of hydrogen-bond donors (Lipinski definition) is 2. The molecule has 1 aliphatic rings. The van der Waals surface area contributed by atoms with Crippen LogP contribution in [0.5, 0.6) is 0 Å². The van der Waals surface area contributed by atoms with Crippen LogP contribution in [0.25, 0.3) is 0 Å². The van der Waals surface area contributed by atoms with Gasteiger partial charge >= 0.3 is 5.97 Å². The first-order chi connectivity index (χ1) is 9.11. The van der Waals surface area contributed by atoms with Crippen molar-refractivity contribution in [1.82, 2.24) is 10.2 Å². The predicted octanol–water partition coefficient (Wildman–Crippen LogP) is -0.0974. The van der Waals surface area contributed by atoms with Gasteiger partial charge in [-0.05, 0) is 32.7 Å². The lowest BCUT2D eigenvalue weighted by Crippen LogP contribution is -2.44. The number of nitrogens with zero attached hydrogens (tertiary/aromatic N) is 1. The Bertz CT molecular complexity index is 296. The minimum Gasteiger partial charge on any atom is -0.466 e. The molecule has 6 heteroatoms. The third kappa shape index (κ3) is 7.12. The van der Waals surface area contributed by atoms with E-state index in [1.54, 1.807) is 6.92 Å². The number of aliphatic hydroxyl groups is 1. The molecule has 1 saturated heterocycles. The molecule has 1 heterocycles. The first-order valence-electron chi connectivity index (χ1n) is 6.94. The van der Waals surface area contributed by atoms with Gasteiger partial charge < -0.3 is 15.2 Å². The van der Waals surface area contributed by atoms with Crippen molar-refractivity contribution in [3.8, 4) is 0 Å². The third-order valence-electron chi connectivity index (χ3n) is 3.03. The molecule has 0 aromatic heterocycles. The zero-order valence-electron chi connectivity index (χ0n) is 11.6. The van der Waals surface area contributed by atoms with E-state index in [0.29, 0.717) is 39.1 Å². The highest BCUT2D eigenvalue weighted by atomic mass is 16.5. The van der Waals surface area contributed by atoms with Crippen LogP contribution in [0, 0.1) is 0 Å². The van der Waals surface area contributed by atoms with Gasteiger partial charge in [0.25, 0.3) is 0 Å². The second kappa shape index (κ2) is 8.87. The van der Waals surface area contributed by atoms with Gasteiger partial charge in [0, 0.05) is 19.5 Å². The molecule has 1 aliphatic heterocycles. The minimum absolute atomic E-state index is 0.0574. The summed E-state index contributed by atoms with van der Waals surface area (Å²) in [5.74, 6) is -0.283. The molecule has 19 heavy (non-hydrogen) atoms. The van der Waals surface area contributed by atoms with Gasteiger partial charge in [-0.15, -0.1) is 0 Å². The highest BCUT2D eigenvalue weighted by molar-refractivity contribution is 5.78. The summed E-state index contributed by atoms with van der Waals surface area (Å²) in [7, 11) is 0.